The van der Waals surface area contributed by atoms with Gasteiger partial charge in [-0.3, -0.25) is 14.4 Å². The normalized spacial score (nSPS) is 22.1. The molecule has 1 saturated carbocycles. The minimum Gasteiger partial charge on any atom is -0.456 e. The van der Waals surface area contributed by atoms with Gasteiger partial charge >= 0.3 is 5.97 Å². The molecular weight excluding hydrogens is 1590 g/mol. The molecule has 0 radical (unpaired) electrons. The number of allylic oxidation sites excluding steroid dienone is 5. The first kappa shape index (κ1) is 106. The van der Waals surface area contributed by atoms with E-state index in [9.17, 15) is 34.5 Å². The Morgan fingerprint density at radius 3 is 1.41 bits per heavy atom. The lowest BCUT2D eigenvalue weighted by Gasteiger charge is -2.47. The minimum atomic E-state index is -2.51. The molecule has 2 saturated heterocycles. The van der Waals surface area contributed by atoms with Crippen LogP contribution in [0, 0.1) is 314 Å². The molecular formula is C98H160N2O24. The van der Waals surface area contributed by atoms with E-state index >= 15 is 0 Å². The van der Waals surface area contributed by atoms with Gasteiger partial charge in [0.1, 0.15) is 24.0 Å². The summed E-state index contributed by atoms with van der Waals surface area (Å²) in [5, 5.41) is 75.3. The van der Waals surface area contributed by atoms with Crippen LogP contribution in [0.5, 0.6) is 0 Å². The molecule has 4 rings (SSSR count). The van der Waals surface area contributed by atoms with Crippen LogP contribution in [-0.4, -0.2) is 137 Å². The second-order valence-corrected chi connectivity index (χ2v) is 25.8. The summed E-state index contributed by atoms with van der Waals surface area (Å²) in [7, 11) is 4.65. The minimum absolute atomic E-state index is 0. The molecule has 4 aliphatic rings. The molecule has 6 N–H and O–H groups in total. The van der Waals surface area contributed by atoms with Crippen molar-refractivity contribution in [1.82, 2.24) is 10.5 Å². The van der Waals surface area contributed by atoms with E-state index in [0.717, 1.165) is 31.3 Å². The highest BCUT2D eigenvalue weighted by Gasteiger charge is 2.57. The number of amides is 1. The van der Waals surface area contributed by atoms with Crippen molar-refractivity contribution >= 4 is 23.4 Å². The summed E-state index contributed by atoms with van der Waals surface area (Å²) in [5.41, 5.74) is 3.03. The first-order valence-electron chi connectivity index (χ1n) is 37.8. The summed E-state index contributed by atoms with van der Waals surface area (Å²) >= 11 is 0. The Morgan fingerprint density at radius 2 is 0.992 bits per heavy atom. The second-order valence-electron chi connectivity index (χ2n) is 25.8. The number of methoxy groups -OCH3 is 3. The van der Waals surface area contributed by atoms with Gasteiger partial charge in [-0.05, 0) is 256 Å². The van der Waals surface area contributed by atoms with Crippen LogP contribution in [0.15, 0.2) is 35.5 Å². The van der Waals surface area contributed by atoms with Crippen LogP contribution in [-0.2, 0) is 93.1 Å². The van der Waals surface area contributed by atoms with Gasteiger partial charge in [-0.25, -0.2) is 15.3 Å². The number of nitrogens with zero attached hydrogens (tertiary/aromatic N) is 1. The largest absolute Gasteiger partial charge is 0.456 e. The first-order chi connectivity index (χ1) is 60.3. The van der Waals surface area contributed by atoms with E-state index in [2.05, 4.69) is 355 Å². The van der Waals surface area contributed by atoms with Crippen molar-refractivity contribution in [3.05, 3.63) is 35.5 Å². The topological polar surface area (TPSA) is 323 Å². The molecule has 1 amide bonds. The van der Waals surface area contributed by atoms with Crippen LogP contribution >= 0.6 is 0 Å². The highest BCUT2D eigenvalue weighted by molar-refractivity contribution is 6.39. The summed E-state index contributed by atoms with van der Waals surface area (Å²) in [6, 6.07) is -1.14. The number of fused-ring (bicyclic) bond motifs is 3. The van der Waals surface area contributed by atoms with Crippen LogP contribution in [0.2, 0.25) is 0 Å². The number of cyclic esters (lactones) is 1. The molecule has 1 aliphatic carbocycles. The van der Waals surface area contributed by atoms with Crippen molar-refractivity contribution in [3.63, 3.8) is 0 Å². The van der Waals surface area contributed by atoms with E-state index in [1.54, 1.807) is 35.0 Å². The summed E-state index contributed by atoms with van der Waals surface area (Å²) < 4.78 is 30.0. The Balaban J connectivity index is -0.0000000429. The Morgan fingerprint density at radius 1 is 0.556 bits per heavy atom. The van der Waals surface area contributed by atoms with Crippen molar-refractivity contribution in [2.24, 2.45) is 29.6 Å². The van der Waals surface area contributed by atoms with Gasteiger partial charge < -0.3 is 43.9 Å². The Kier molecular flexibility index (Phi) is 59.9. The maximum absolute atomic E-state index is 14.4. The molecule has 0 spiro atoms. The van der Waals surface area contributed by atoms with Gasteiger partial charge in [-0.1, -0.05) is 86.3 Å². The third kappa shape index (κ3) is 47.8. The molecule has 3 heterocycles. The number of carbonyl (C=O) groups is 4. The number of ketones is 2. The zero-order chi connectivity index (χ0) is 90.7. The number of carbonyl (C=O) groups excluding carboxylic acids is 4. The number of piperidine rings is 1. The number of ether oxygens (including phenoxy) is 5. The molecule has 0 unspecified atom stereocenters. The predicted molar refractivity (Wildman–Crippen MR) is 526 cm³/mol. The Bertz CT molecular complexity index is 5530. The summed E-state index contributed by atoms with van der Waals surface area (Å²) in [6.45, 7) is 13.2. The molecule has 0 aromatic carbocycles. The van der Waals surface area contributed by atoms with Crippen LogP contribution in [0.25, 0.3) is 0 Å². The number of nitrogens with one attached hydrogen (secondary N) is 1. The smallest absolute Gasteiger partial charge is 0.329 e. The number of esters is 1. The third-order valence-electron chi connectivity index (χ3n) is 17.2. The van der Waals surface area contributed by atoms with E-state index in [4.69, 9.17) is 40.6 Å². The van der Waals surface area contributed by atoms with Crippen molar-refractivity contribution < 1.29 is 172 Å². The van der Waals surface area contributed by atoms with Crippen LogP contribution in [0.4, 0.5) is 0 Å². The molecule has 3 aliphatic heterocycles. The SMILES string of the molecule is C#CC#CC#CC#CC#CC#CC#CC#CC#CC#CC#CC#CC#CC#CC#CC#CC#CC#CC#CC#CC#CC#CC#CC#CC.CCCCC/C=C/C[C@@H]1/C=C(\C)C[C@H](C)C[C@H](OC)[C@H]2O[C@@](O)(C(=O)C(=O)N3CCCC[C@H]3C(=O)O[C@H](/C(C)=C/[C@@H]3CC[C@@H](O)[C@H](OC)C3)[C@H](C)[C@@H](O)CC1=O)[C@H](C)C[C@@H]2OC.OOOOOONOOOOOO.[HH].[HH].[HH].[HH].[HH].[HH].[HH].[HH].[HH].[HH].[HH].[HH].[HH].[HH].[HH].[HH].[HH].[HH].[HH].[HH].[HH].[HH].[HH].[HH].[HH].[HH].[HH].[HH].[HH].[HH].[HH].[HH].[HH].[HH].[HH].[HH].[HH]. The van der Waals surface area contributed by atoms with E-state index in [0.29, 0.717) is 56.9 Å². The van der Waals surface area contributed by atoms with Gasteiger partial charge in [0.2, 0.25) is 5.79 Å². The average Bonchev–Trinajstić information content (AvgIpc) is 0.815. The number of aliphatic hydroxyl groups excluding tert-OH is 2. The number of aliphatic hydroxyl groups is 3. The van der Waals surface area contributed by atoms with E-state index in [1.807, 2.05) is 26.0 Å². The lowest BCUT2D eigenvalue weighted by molar-refractivity contribution is -0.792. The predicted octanol–water partition coefficient (Wildman–Crippen LogP) is 15.2. The van der Waals surface area contributed by atoms with Gasteiger partial charge in [0.15, 0.2) is 0 Å². The number of rotatable bonds is 21. The molecule has 14 atom stereocenters. The van der Waals surface area contributed by atoms with E-state index in [1.165, 1.54) is 17.7 Å². The molecule has 0 aromatic rings. The van der Waals surface area contributed by atoms with Gasteiger partial charge in [-0.15, -0.1) is 6.42 Å². The fourth-order valence-electron chi connectivity index (χ4n) is 11.7. The lowest BCUT2D eigenvalue weighted by atomic mass is 9.81. The number of terminal acetylenes is 1. The number of hydrogen-bond donors (Lipinski definition) is 6. The van der Waals surface area contributed by atoms with Crippen molar-refractivity contribution in [1.29, 1.82) is 0 Å². The maximum Gasteiger partial charge on any atom is 0.329 e. The number of Topliss-reactive ketones (excluding diaryl/α,β-unsaturated/α-hetero) is 2. The molecule has 3 fully saturated rings. The summed E-state index contributed by atoms with van der Waals surface area (Å²) in [4.78, 5) is 65.8. The van der Waals surface area contributed by atoms with Crippen LogP contribution < -0.4 is 5.64 Å². The second kappa shape index (κ2) is 69.9. The quantitative estimate of drug-likeness (QED) is 0.0118. The zero-order valence-corrected chi connectivity index (χ0v) is 69.6. The maximum atomic E-state index is 14.4. The lowest BCUT2D eigenvalue weighted by Crippen LogP contribution is -2.64. The van der Waals surface area contributed by atoms with Gasteiger partial charge in [-0.2, -0.15) is 0 Å². The molecule has 2 bridgehead atoms. The highest BCUT2D eigenvalue weighted by atomic mass is 17.9. The third-order valence-corrected chi connectivity index (χ3v) is 17.2. The molecule has 124 heavy (non-hydrogen) atoms. The monoisotopic (exact) mass is 1750 g/mol. The Hall–Kier alpha value is -13.9. The van der Waals surface area contributed by atoms with Gasteiger partial charge in [0, 0.05) is 282 Å². The van der Waals surface area contributed by atoms with Gasteiger partial charge in [0.05, 0.1) is 30.5 Å². The Labute approximate surface area is 781 Å². The fourth-order valence-corrected chi connectivity index (χ4v) is 11.7. The highest BCUT2D eigenvalue weighted by Crippen LogP contribution is 2.40. The van der Waals surface area contributed by atoms with E-state index in [-0.39, 0.29) is 102 Å². The zero-order valence-electron chi connectivity index (χ0n) is 69.6. The van der Waals surface area contributed by atoms with E-state index < -0.39 is 83.9 Å². The molecule has 706 valence electrons. The number of hydrogen-bond acceptors (Lipinski definition) is 25. The first-order valence-corrected chi connectivity index (χ1v) is 37.8. The van der Waals surface area contributed by atoms with Gasteiger partial charge in [0.25, 0.3) is 11.7 Å². The van der Waals surface area contributed by atoms with Crippen molar-refractivity contribution in [2.75, 3.05) is 27.9 Å². The summed E-state index contributed by atoms with van der Waals surface area (Å²) in [5.74, 6) is 109. The van der Waals surface area contributed by atoms with Crippen molar-refractivity contribution in [3.8, 4) is 285 Å². The summed E-state index contributed by atoms with van der Waals surface area (Å²) in [6.07, 6.45) is 16.9. The van der Waals surface area contributed by atoms with Crippen LogP contribution in [0.1, 0.15) is 198 Å². The molecule has 26 nitrogen and oxygen atoms in total. The van der Waals surface area contributed by atoms with Crippen molar-refractivity contribution in [2.45, 2.75) is 199 Å². The average molecular weight is 1750 g/mol. The molecule has 26 heteroatoms. The van der Waals surface area contributed by atoms with Crippen LogP contribution in [0.3, 0.4) is 0 Å². The standard InChI is InChI=1S/C49H79NO12.C49H4.H3NO12.37H2/c1-10-11-12-13-14-15-18-36-24-30(2)23-31(3)25-42(59-8)45-43(60-9)27-33(5)49(57,62-45)46(54)47(55)50-22-17-16-19-37(50)48(56)61-44(34(6)39(52)29-40(36)53)32(4)26-35-20-21-38(51)41(28-35)58-7;1-3-5-7-9-11-13-15-17-19-21-23-25-27-29-31-33-35-37-39-41-43-45-47-49-48-46-44-42-40-38-36-34-32-30-28-26-24-22-20-18-16-14-12-10-8-6-4-2;2-6-10-12-8-4-1-5-9-13-11-7-3;;;;;;;;;;;;;;;;;;;;;;;;;;;;;;;;;;;;;/h14-15,24,26,31,33-39,41-45,51-52,57H,10-13,16-23,25,27-29H2,1-9H3;1H,2H3;1-3H;37*1H/b15-14+,30-24+,32-26+;;;;;;;;;;;;;;;;;;;;;;;;;;;;;;;;;;;;;;;/t31-,33+,34+,35-,36+,37-,38+,39-,41+,42-,43-,44+,45+,49+;;;;;;;;;;;;;;;;;;;;;;;;;;;;;;;;;;;;;;;/m0......................................./s1. The number of unbranched alkanes of at least 4 members (excludes halogenated alkanes) is 3. The fraction of sp³-hybridized carbons (Fsp3) is 0.408. The molecule has 0 aromatic heterocycles.